The van der Waals surface area contributed by atoms with E-state index in [1.807, 2.05) is 18.2 Å². The van der Waals surface area contributed by atoms with Gasteiger partial charge in [-0.05, 0) is 67.3 Å². The first-order chi connectivity index (χ1) is 13.1. The number of hydrogen-bond donors (Lipinski definition) is 1. The average molecular weight is 382 g/mol. The molecule has 4 nitrogen and oxygen atoms in total. The fourth-order valence-corrected chi connectivity index (χ4v) is 5.40. The fraction of sp³-hybridized carbons (Fsp3) is 0.409. The zero-order valence-corrected chi connectivity index (χ0v) is 16.3. The van der Waals surface area contributed by atoms with Gasteiger partial charge in [-0.25, -0.2) is 0 Å². The highest BCUT2D eigenvalue weighted by atomic mass is 35.5. The number of fused-ring (bicyclic) bond motifs is 5. The van der Waals surface area contributed by atoms with Crippen LogP contribution in [0.3, 0.4) is 0 Å². The molecular weight excluding hydrogens is 358 g/mol. The minimum atomic E-state index is -0.577. The van der Waals surface area contributed by atoms with Crippen LogP contribution in [0.25, 0.3) is 10.9 Å². The number of halogens is 1. The summed E-state index contributed by atoms with van der Waals surface area (Å²) >= 11 is 6.73. The van der Waals surface area contributed by atoms with Gasteiger partial charge in [0.15, 0.2) is 0 Å². The van der Waals surface area contributed by atoms with Crippen LogP contribution < -0.4 is 0 Å². The lowest BCUT2D eigenvalue weighted by molar-refractivity contribution is 0.155. The Morgan fingerprint density at radius 1 is 1.26 bits per heavy atom. The van der Waals surface area contributed by atoms with E-state index in [0.29, 0.717) is 12.6 Å². The third-order valence-corrected chi connectivity index (χ3v) is 6.47. The summed E-state index contributed by atoms with van der Waals surface area (Å²) < 4.78 is 2.28. The summed E-state index contributed by atoms with van der Waals surface area (Å²) in [6, 6.07) is 8.57. The van der Waals surface area contributed by atoms with Gasteiger partial charge >= 0.3 is 0 Å². The van der Waals surface area contributed by atoms with Gasteiger partial charge in [-0.1, -0.05) is 11.6 Å². The Labute approximate surface area is 164 Å². The monoisotopic (exact) mass is 381 g/mol. The van der Waals surface area contributed by atoms with Crippen LogP contribution in [0.4, 0.5) is 0 Å². The standard InChI is InChI=1S/C22H24ClN3O/c1-14-11-16-21-18-3-2-9-25(18)10-6-19(21)26(22(16)17(23)12-14)13-20(27)15-4-7-24-8-5-15/h4-5,7-8,11-12,18,20,27H,2-3,6,9-10,13H2,1H3. The van der Waals surface area contributed by atoms with Gasteiger partial charge in [-0.3, -0.25) is 9.88 Å². The highest BCUT2D eigenvalue weighted by Gasteiger charge is 2.36. The van der Waals surface area contributed by atoms with Crippen molar-refractivity contribution < 1.29 is 5.11 Å². The molecule has 1 fully saturated rings. The second-order valence-electron chi connectivity index (χ2n) is 7.85. The first-order valence-electron chi connectivity index (χ1n) is 9.76. The molecule has 2 aliphatic heterocycles. The highest BCUT2D eigenvalue weighted by Crippen LogP contribution is 2.45. The van der Waals surface area contributed by atoms with E-state index in [2.05, 4.69) is 27.4 Å². The summed E-state index contributed by atoms with van der Waals surface area (Å²) in [4.78, 5) is 6.67. The molecule has 4 heterocycles. The highest BCUT2D eigenvalue weighted by molar-refractivity contribution is 6.35. The van der Waals surface area contributed by atoms with Crippen molar-refractivity contribution in [2.24, 2.45) is 0 Å². The smallest absolute Gasteiger partial charge is 0.0970 e. The van der Waals surface area contributed by atoms with E-state index in [4.69, 9.17) is 11.6 Å². The Kier molecular flexibility index (Phi) is 4.23. The number of aliphatic hydroxyl groups is 1. The van der Waals surface area contributed by atoms with Crippen LogP contribution >= 0.6 is 11.6 Å². The second kappa shape index (κ2) is 6.62. The lowest BCUT2D eigenvalue weighted by atomic mass is 9.95. The van der Waals surface area contributed by atoms with E-state index in [1.165, 1.54) is 41.6 Å². The van der Waals surface area contributed by atoms with Gasteiger partial charge in [0, 0.05) is 42.5 Å². The third-order valence-electron chi connectivity index (χ3n) is 6.18. The summed E-state index contributed by atoms with van der Waals surface area (Å²) in [6.07, 6.45) is 6.37. The quantitative estimate of drug-likeness (QED) is 0.729. The van der Waals surface area contributed by atoms with Gasteiger partial charge in [0.25, 0.3) is 0 Å². The zero-order valence-electron chi connectivity index (χ0n) is 15.5. The van der Waals surface area contributed by atoms with Gasteiger partial charge in [-0.15, -0.1) is 0 Å². The SMILES string of the molecule is Cc1cc(Cl)c2c(c1)c1c(n2CC(O)c2ccncc2)CCN2CCCC12. The van der Waals surface area contributed by atoms with Crippen LogP contribution in [0.1, 0.15) is 47.4 Å². The molecule has 0 amide bonds. The van der Waals surface area contributed by atoms with Crippen LogP contribution in [0, 0.1) is 6.92 Å². The minimum absolute atomic E-state index is 0.494. The number of aliphatic hydroxyl groups excluding tert-OH is 1. The molecule has 2 aromatic heterocycles. The molecule has 27 heavy (non-hydrogen) atoms. The molecule has 140 valence electrons. The molecule has 5 rings (SSSR count). The van der Waals surface area contributed by atoms with Gasteiger partial charge in [0.2, 0.25) is 0 Å². The Bertz CT molecular complexity index is 998. The summed E-state index contributed by atoms with van der Waals surface area (Å²) in [5.41, 5.74) is 5.96. The van der Waals surface area contributed by atoms with Crippen molar-refractivity contribution >= 4 is 22.5 Å². The van der Waals surface area contributed by atoms with E-state index in [9.17, 15) is 5.11 Å². The Morgan fingerprint density at radius 3 is 2.89 bits per heavy atom. The van der Waals surface area contributed by atoms with Gasteiger partial charge in [0.05, 0.1) is 23.2 Å². The first kappa shape index (κ1) is 17.2. The van der Waals surface area contributed by atoms with Crippen molar-refractivity contribution in [2.75, 3.05) is 13.1 Å². The van der Waals surface area contributed by atoms with Gasteiger partial charge < -0.3 is 9.67 Å². The maximum Gasteiger partial charge on any atom is 0.0970 e. The zero-order chi connectivity index (χ0) is 18.5. The molecule has 2 atom stereocenters. The fourth-order valence-electron chi connectivity index (χ4n) is 5.03. The van der Waals surface area contributed by atoms with Crippen LogP contribution in [0.15, 0.2) is 36.7 Å². The van der Waals surface area contributed by atoms with E-state index >= 15 is 0 Å². The Hall–Kier alpha value is -1.88. The van der Waals surface area contributed by atoms with E-state index in [0.717, 1.165) is 29.1 Å². The van der Waals surface area contributed by atoms with E-state index < -0.39 is 6.10 Å². The lowest BCUT2D eigenvalue weighted by Crippen LogP contribution is -2.31. The van der Waals surface area contributed by atoms with E-state index in [-0.39, 0.29) is 0 Å². The van der Waals surface area contributed by atoms with Crippen molar-refractivity contribution in [3.05, 3.63) is 64.1 Å². The first-order valence-corrected chi connectivity index (χ1v) is 10.1. The Balaban J connectivity index is 1.68. The second-order valence-corrected chi connectivity index (χ2v) is 8.26. The molecule has 0 aliphatic carbocycles. The maximum absolute atomic E-state index is 10.9. The largest absolute Gasteiger partial charge is 0.387 e. The van der Waals surface area contributed by atoms with Gasteiger partial charge in [-0.2, -0.15) is 0 Å². The summed E-state index contributed by atoms with van der Waals surface area (Å²) in [7, 11) is 0. The number of aryl methyl sites for hydroxylation is 1. The maximum atomic E-state index is 10.9. The van der Waals surface area contributed by atoms with Crippen LogP contribution in [-0.2, 0) is 13.0 Å². The van der Waals surface area contributed by atoms with E-state index in [1.54, 1.807) is 12.4 Å². The molecule has 3 aromatic rings. The van der Waals surface area contributed by atoms with Crippen molar-refractivity contribution in [3.8, 4) is 0 Å². The van der Waals surface area contributed by atoms with Gasteiger partial charge in [0.1, 0.15) is 0 Å². The molecule has 1 saturated heterocycles. The average Bonchev–Trinajstić information content (AvgIpc) is 3.25. The molecule has 0 bridgehead atoms. The molecule has 1 N–H and O–H groups in total. The molecule has 2 aliphatic rings. The topological polar surface area (TPSA) is 41.3 Å². The molecular formula is C22H24ClN3O. The number of benzene rings is 1. The summed E-state index contributed by atoms with van der Waals surface area (Å²) in [5.74, 6) is 0. The van der Waals surface area contributed by atoms with Crippen LogP contribution in [0.2, 0.25) is 5.02 Å². The number of pyridine rings is 1. The third kappa shape index (κ3) is 2.78. The molecule has 0 radical (unpaired) electrons. The lowest BCUT2D eigenvalue weighted by Gasteiger charge is -2.31. The predicted molar refractivity (Wildman–Crippen MR) is 108 cm³/mol. The molecule has 0 spiro atoms. The predicted octanol–water partition coefficient (Wildman–Crippen LogP) is 4.42. The number of hydrogen-bond acceptors (Lipinski definition) is 3. The van der Waals surface area contributed by atoms with Crippen LogP contribution in [0.5, 0.6) is 0 Å². The number of rotatable bonds is 3. The van der Waals surface area contributed by atoms with Crippen molar-refractivity contribution in [1.29, 1.82) is 0 Å². The molecule has 0 saturated carbocycles. The summed E-state index contributed by atoms with van der Waals surface area (Å²) in [5, 5.41) is 12.9. The number of nitrogens with zero attached hydrogens (tertiary/aromatic N) is 3. The minimum Gasteiger partial charge on any atom is -0.387 e. The summed E-state index contributed by atoms with van der Waals surface area (Å²) in [6.45, 7) is 4.91. The van der Waals surface area contributed by atoms with Crippen molar-refractivity contribution in [3.63, 3.8) is 0 Å². The van der Waals surface area contributed by atoms with Crippen LogP contribution in [-0.4, -0.2) is 32.6 Å². The molecule has 2 unspecified atom stereocenters. The van der Waals surface area contributed by atoms with Crippen molar-refractivity contribution in [2.45, 2.75) is 44.9 Å². The molecule has 5 heteroatoms. The molecule has 1 aromatic carbocycles. The number of aromatic nitrogens is 2. The Morgan fingerprint density at radius 2 is 2.07 bits per heavy atom. The normalized spacial score (nSPS) is 20.6. The van der Waals surface area contributed by atoms with Crippen molar-refractivity contribution in [1.82, 2.24) is 14.5 Å².